The van der Waals surface area contributed by atoms with Crippen molar-refractivity contribution in [2.75, 3.05) is 13.2 Å². The Hall–Kier alpha value is -2.28. The first kappa shape index (κ1) is 15.6. The lowest BCUT2D eigenvalue weighted by molar-refractivity contribution is 0.0853. The highest BCUT2D eigenvalue weighted by molar-refractivity contribution is 5.93. The monoisotopic (exact) mass is 318 g/mol. The van der Waals surface area contributed by atoms with Gasteiger partial charge in [0.15, 0.2) is 5.69 Å². The Balaban J connectivity index is 1.75. The lowest BCUT2D eigenvalue weighted by Crippen LogP contribution is -2.32. The van der Waals surface area contributed by atoms with E-state index in [1.807, 2.05) is 0 Å². The zero-order valence-corrected chi connectivity index (χ0v) is 13.2. The zero-order valence-electron chi connectivity index (χ0n) is 13.2. The molecule has 1 aromatic heterocycles. The van der Waals surface area contributed by atoms with Gasteiger partial charge < -0.3 is 10.1 Å². The number of halogens is 1. The molecule has 2 heterocycles. The Labute approximate surface area is 133 Å². The normalized spacial score (nSPS) is 17.4. The van der Waals surface area contributed by atoms with Crippen molar-refractivity contribution >= 4 is 5.91 Å². The van der Waals surface area contributed by atoms with Gasteiger partial charge in [0.05, 0.1) is 17.5 Å². The number of hydrogen-bond acceptors (Lipinski definition) is 4. The molecule has 1 amide bonds. The molecule has 0 spiro atoms. The molecular weight excluding hydrogens is 299 g/mol. The van der Waals surface area contributed by atoms with Crippen molar-refractivity contribution in [3.8, 4) is 5.69 Å². The van der Waals surface area contributed by atoms with Crippen LogP contribution >= 0.6 is 0 Å². The number of nitrogens with one attached hydrogen (secondary N) is 1. The van der Waals surface area contributed by atoms with Crippen molar-refractivity contribution < 1.29 is 13.9 Å². The van der Waals surface area contributed by atoms with E-state index in [-0.39, 0.29) is 23.5 Å². The first-order valence-corrected chi connectivity index (χ1v) is 7.65. The van der Waals surface area contributed by atoms with Crippen LogP contribution in [0.5, 0.6) is 0 Å². The third-order valence-electron chi connectivity index (χ3n) is 4.02. The molecule has 1 unspecified atom stereocenters. The van der Waals surface area contributed by atoms with Crippen molar-refractivity contribution in [1.29, 1.82) is 0 Å². The molecule has 0 radical (unpaired) electrons. The van der Waals surface area contributed by atoms with Gasteiger partial charge in [-0.15, -0.1) is 5.10 Å². The van der Waals surface area contributed by atoms with Crippen molar-refractivity contribution in [3.05, 3.63) is 41.0 Å². The summed E-state index contributed by atoms with van der Waals surface area (Å²) in [6, 6.07) is 4.79. The molecular formula is C16H19FN4O2. The largest absolute Gasteiger partial charge is 0.376 e. The lowest BCUT2D eigenvalue weighted by Gasteiger charge is -2.10. The quantitative estimate of drug-likeness (QED) is 0.935. The number of ether oxygens (including phenoxy) is 1. The van der Waals surface area contributed by atoms with Crippen molar-refractivity contribution in [1.82, 2.24) is 20.3 Å². The van der Waals surface area contributed by atoms with Gasteiger partial charge in [-0.25, -0.2) is 9.07 Å². The van der Waals surface area contributed by atoms with E-state index in [0.29, 0.717) is 23.5 Å². The van der Waals surface area contributed by atoms with E-state index in [1.165, 1.54) is 10.7 Å². The lowest BCUT2D eigenvalue weighted by atomic mass is 10.2. The number of amides is 1. The summed E-state index contributed by atoms with van der Waals surface area (Å²) in [5.41, 5.74) is 1.90. The van der Waals surface area contributed by atoms with E-state index in [2.05, 4.69) is 15.6 Å². The van der Waals surface area contributed by atoms with Crippen LogP contribution < -0.4 is 5.32 Å². The van der Waals surface area contributed by atoms with E-state index in [9.17, 15) is 9.18 Å². The van der Waals surface area contributed by atoms with Gasteiger partial charge >= 0.3 is 0 Å². The molecule has 3 rings (SSSR count). The SMILES string of the molecule is Cc1ccc(-n2nnc(C(=O)NCC3CCCO3)c2C)cc1F. The van der Waals surface area contributed by atoms with Gasteiger partial charge in [-0.3, -0.25) is 4.79 Å². The summed E-state index contributed by atoms with van der Waals surface area (Å²) in [6.45, 7) is 4.63. The Morgan fingerprint density at radius 3 is 3.00 bits per heavy atom. The zero-order chi connectivity index (χ0) is 16.4. The molecule has 0 saturated carbocycles. The van der Waals surface area contributed by atoms with Crippen LogP contribution in [0.3, 0.4) is 0 Å². The molecule has 1 aliphatic rings. The average Bonchev–Trinajstić information content (AvgIpc) is 3.17. The van der Waals surface area contributed by atoms with Crippen LogP contribution in [0.15, 0.2) is 18.2 Å². The average molecular weight is 318 g/mol. The maximum Gasteiger partial charge on any atom is 0.273 e. The summed E-state index contributed by atoms with van der Waals surface area (Å²) in [5.74, 6) is -0.612. The highest BCUT2D eigenvalue weighted by atomic mass is 19.1. The van der Waals surface area contributed by atoms with Gasteiger partial charge in [0.25, 0.3) is 5.91 Å². The van der Waals surface area contributed by atoms with Crippen molar-refractivity contribution in [2.24, 2.45) is 0 Å². The van der Waals surface area contributed by atoms with Gasteiger partial charge in [0.1, 0.15) is 5.82 Å². The smallest absolute Gasteiger partial charge is 0.273 e. The molecule has 2 aromatic rings. The minimum atomic E-state index is -0.318. The second-order valence-electron chi connectivity index (χ2n) is 5.71. The van der Waals surface area contributed by atoms with Crippen LogP contribution in [0.2, 0.25) is 0 Å². The fourth-order valence-electron chi connectivity index (χ4n) is 2.59. The van der Waals surface area contributed by atoms with Gasteiger partial charge in [-0.2, -0.15) is 0 Å². The number of carbonyl (C=O) groups is 1. The van der Waals surface area contributed by atoms with Crippen molar-refractivity contribution in [2.45, 2.75) is 32.8 Å². The third-order valence-corrected chi connectivity index (χ3v) is 4.02. The van der Waals surface area contributed by atoms with Crippen LogP contribution in [0, 0.1) is 19.7 Å². The summed E-state index contributed by atoms with van der Waals surface area (Å²) >= 11 is 0. The Bertz CT molecular complexity index is 723. The maximum atomic E-state index is 13.7. The van der Waals surface area contributed by atoms with Crippen LogP contribution in [0.1, 0.15) is 34.6 Å². The van der Waals surface area contributed by atoms with Crippen LogP contribution in [-0.2, 0) is 4.74 Å². The number of hydrogen-bond donors (Lipinski definition) is 1. The summed E-state index contributed by atoms with van der Waals surface area (Å²) < 4.78 is 20.6. The van der Waals surface area contributed by atoms with Crippen LogP contribution in [0.25, 0.3) is 5.69 Å². The second-order valence-corrected chi connectivity index (χ2v) is 5.71. The first-order chi connectivity index (χ1) is 11.1. The number of benzene rings is 1. The van der Waals surface area contributed by atoms with Crippen LogP contribution in [0.4, 0.5) is 4.39 Å². The van der Waals surface area contributed by atoms with E-state index < -0.39 is 0 Å². The molecule has 1 aliphatic heterocycles. The number of aromatic nitrogens is 3. The molecule has 1 saturated heterocycles. The van der Waals surface area contributed by atoms with Crippen LogP contribution in [-0.4, -0.2) is 40.2 Å². The molecule has 0 aliphatic carbocycles. The third kappa shape index (κ3) is 3.24. The van der Waals surface area contributed by atoms with Gasteiger partial charge in [0.2, 0.25) is 0 Å². The maximum absolute atomic E-state index is 13.7. The van der Waals surface area contributed by atoms with Crippen molar-refractivity contribution in [3.63, 3.8) is 0 Å². The molecule has 1 atom stereocenters. The van der Waals surface area contributed by atoms with Gasteiger partial charge in [-0.1, -0.05) is 11.3 Å². The standard InChI is InChI=1S/C16H19FN4O2/c1-10-5-6-12(8-14(10)17)21-11(2)15(19-20-21)16(22)18-9-13-4-3-7-23-13/h5-6,8,13H,3-4,7,9H2,1-2H3,(H,18,22). The highest BCUT2D eigenvalue weighted by Crippen LogP contribution is 2.16. The van der Waals surface area contributed by atoms with E-state index in [1.54, 1.807) is 26.0 Å². The highest BCUT2D eigenvalue weighted by Gasteiger charge is 2.20. The van der Waals surface area contributed by atoms with Gasteiger partial charge in [-0.05, 0) is 44.4 Å². The molecule has 1 aromatic carbocycles. The summed E-state index contributed by atoms with van der Waals surface area (Å²) in [6.07, 6.45) is 2.05. The fourth-order valence-corrected chi connectivity index (χ4v) is 2.59. The molecule has 23 heavy (non-hydrogen) atoms. The predicted octanol–water partition coefficient (Wildman–Crippen LogP) is 1.93. The Kier molecular flexibility index (Phi) is 4.38. The first-order valence-electron chi connectivity index (χ1n) is 7.65. The minimum absolute atomic E-state index is 0.0699. The molecule has 1 fully saturated rings. The van der Waals surface area contributed by atoms with E-state index >= 15 is 0 Å². The number of nitrogens with zero attached hydrogens (tertiary/aromatic N) is 3. The molecule has 0 bridgehead atoms. The van der Waals surface area contributed by atoms with Gasteiger partial charge in [0, 0.05) is 13.2 Å². The summed E-state index contributed by atoms with van der Waals surface area (Å²) in [7, 11) is 0. The molecule has 7 heteroatoms. The fraction of sp³-hybridized carbons (Fsp3) is 0.438. The number of aryl methyl sites for hydroxylation is 1. The Morgan fingerprint density at radius 2 is 2.30 bits per heavy atom. The molecule has 1 N–H and O–H groups in total. The number of rotatable bonds is 4. The van der Waals surface area contributed by atoms with E-state index in [0.717, 1.165) is 19.4 Å². The summed E-state index contributed by atoms with van der Waals surface area (Å²) in [4.78, 5) is 12.2. The number of carbonyl (C=O) groups excluding carboxylic acids is 1. The van der Waals surface area contributed by atoms with E-state index in [4.69, 9.17) is 4.74 Å². The topological polar surface area (TPSA) is 69.0 Å². The molecule has 6 nitrogen and oxygen atoms in total. The minimum Gasteiger partial charge on any atom is -0.376 e. The predicted molar refractivity (Wildman–Crippen MR) is 82.1 cm³/mol. The second kappa shape index (κ2) is 6.45. The Morgan fingerprint density at radius 1 is 1.48 bits per heavy atom. The molecule has 122 valence electrons. The summed E-state index contributed by atoms with van der Waals surface area (Å²) in [5, 5.41) is 10.7.